The number of amides is 1. The Kier molecular flexibility index (Phi) is 7.78. The number of nitrogens with two attached hydrogens (primary N) is 2. The summed E-state index contributed by atoms with van der Waals surface area (Å²) in [5.74, 6) is -0.0835. The molecule has 0 aromatic heterocycles. The summed E-state index contributed by atoms with van der Waals surface area (Å²) in [5, 5.41) is 3.09. The Balaban J connectivity index is 2.57. The maximum absolute atomic E-state index is 12.2. The number of thioether (sulfide) groups is 1. The van der Waals surface area contributed by atoms with Gasteiger partial charge in [0.15, 0.2) is 0 Å². The van der Waals surface area contributed by atoms with Crippen LogP contribution in [0.4, 0.5) is 0 Å². The van der Waals surface area contributed by atoms with Gasteiger partial charge in [-0.1, -0.05) is 36.8 Å². The van der Waals surface area contributed by atoms with E-state index in [1.54, 1.807) is 11.8 Å². The van der Waals surface area contributed by atoms with Crippen LogP contribution in [0.2, 0.25) is 0 Å². The first kappa shape index (κ1) is 18.0. The van der Waals surface area contributed by atoms with E-state index in [0.29, 0.717) is 13.0 Å². The van der Waals surface area contributed by atoms with E-state index in [0.717, 1.165) is 19.3 Å². The van der Waals surface area contributed by atoms with Gasteiger partial charge in [0.2, 0.25) is 5.91 Å². The molecule has 1 unspecified atom stereocenters. The highest BCUT2D eigenvalue weighted by Crippen LogP contribution is 2.24. The van der Waals surface area contributed by atoms with Crippen LogP contribution in [0.25, 0.3) is 0 Å². The Morgan fingerprint density at radius 3 is 2.57 bits per heavy atom. The van der Waals surface area contributed by atoms with E-state index in [4.69, 9.17) is 11.5 Å². The molecule has 1 aromatic rings. The van der Waals surface area contributed by atoms with Gasteiger partial charge in [-0.15, -0.1) is 11.8 Å². The average molecular weight is 309 g/mol. The van der Waals surface area contributed by atoms with Crippen LogP contribution >= 0.6 is 11.8 Å². The minimum Gasteiger partial charge on any atom is -0.340 e. The summed E-state index contributed by atoms with van der Waals surface area (Å²) in [6, 6.07) is 9.70. The van der Waals surface area contributed by atoms with Crippen LogP contribution in [-0.2, 0) is 11.2 Å². The van der Waals surface area contributed by atoms with Crippen LogP contribution in [0.5, 0.6) is 0 Å². The highest BCUT2D eigenvalue weighted by molar-refractivity contribution is 7.99. The van der Waals surface area contributed by atoms with Crippen molar-refractivity contribution in [2.45, 2.75) is 43.5 Å². The summed E-state index contributed by atoms with van der Waals surface area (Å²) in [4.78, 5) is 11.9. The third-order valence-electron chi connectivity index (χ3n) is 3.53. The molecule has 0 aliphatic carbocycles. The predicted octanol–water partition coefficient (Wildman–Crippen LogP) is 1.88. The Morgan fingerprint density at radius 2 is 2.00 bits per heavy atom. The van der Waals surface area contributed by atoms with Crippen molar-refractivity contribution in [3.63, 3.8) is 0 Å². The van der Waals surface area contributed by atoms with Gasteiger partial charge in [0, 0.05) is 6.42 Å². The summed E-state index contributed by atoms with van der Waals surface area (Å²) in [7, 11) is 0. The number of rotatable bonds is 9. The van der Waals surface area contributed by atoms with Gasteiger partial charge in [-0.2, -0.15) is 0 Å². The standard InChI is InChI=1S/C16H27N3OS/c1-16(21-2,12-13-8-4-3-5-9-13)19-15(20)14(18)10-6-7-11-17/h3-5,8-9,14H,6-7,10-12,17-18H2,1-2H3,(H,19,20)/t14-,16?/m0/s1. The molecule has 0 saturated heterocycles. The van der Waals surface area contributed by atoms with Crippen molar-refractivity contribution in [1.29, 1.82) is 0 Å². The molecule has 0 aliphatic rings. The molecule has 1 aromatic carbocycles. The fourth-order valence-electron chi connectivity index (χ4n) is 2.15. The van der Waals surface area contributed by atoms with E-state index < -0.39 is 6.04 Å². The van der Waals surface area contributed by atoms with Gasteiger partial charge in [0.05, 0.1) is 10.9 Å². The number of hydrogen-bond acceptors (Lipinski definition) is 4. The quantitative estimate of drug-likeness (QED) is 0.480. The van der Waals surface area contributed by atoms with E-state index >= 15 is 0 Å². The maximum Gasteiger partial charge on any atom is 0.237 e. The lowest BCUT2D eigenvalue weighted by atomic mass is 10.1. The van der Waals surface area contributed by atoms with Crippen LogP contribution in [0, 0.1) is 0 Å². The van der Waals surface area contributed by atoms with Crippen molar-refractivity contribution in [3.8, 4) is 0 Å². The second-order valence-corrected chi connectivity index (χ2v) is 6.79. The van der Waals surface area contributed by atoms with Gasteiger partial charge in [-0.3, -0.25) is 4.79 Å². The molecule has 21 heavy (non-hydrogen) atoms. The molecule has 2 atom stereocenters. The normalized spacial score (nSPS) is 15.2. The van der Waals surface area contributed by atoms with E-state index in [9.17, 15) is 4.79 Å². The molecule has 1 amide bonds. The molecule has 5 N–H and O–H groups in total. The number of benzene rings is 1. The number of nitrogens with one attached hydrogen (secondary N) is 1. The summed E-state index contributed by atoms with van der Waals surface area (Å²) in [6.45, 7) is 2.68. The molecule has 0 saturated carbocycles. The summed E-state index contributed by atoms with van der Waals surface area (Å²) in [6.07, 6.45) is 5.25. The van der Waals surface area contributed by atoms with E-state index in [1.165, 1.54) is 5.56 Å². The molecule has 0 bridgehead atoms. The molecule has 0 spiro atoms. The maximum atomic E-state index is 12.2. The molecule has 118 valence electrons. The first-order valence-electron chi connectivity index (χ1n) is 7.37. The molecule has 0 heterocycles. The Labute approximate surface area is 132 Å². The van der Waals surface area contributed by atoms with Crippen LogP contribution in [0.3, 0.4) is 0 Å². The summed E-state index contributed by atoms with van der Waals surface area (Å²) >= 11 is 1.63. The van der Waals surface area contributed by atoms with Crippen molar-refractivity contribution in [3.05, 3.63) is 35.9 Å². The van der Waals surface area contributed by atoms with Crippen LogP contribution in [0.1, 0.15) is 31.7 Å². The van der Waals surface area contributed by atoms with Crippen LogP contribution in [0.15, 0.2) is 30.3 Å². The lowest BCUT2D eigenvalue weighted by Gasteiger charge is -2.30. The number of carbonyl (C=O) groups is 1. The lowest BCUT2D eigenvalue weighted by Crippen LogP contribution is -2.51. The first-order valence-corrected chi connectivity index (χ1v) is 8.60. The topological polar surface area (TPSA) is 81.1 Å². The largest absolute Gasteiger partial charge is 0.340 e. The van der Waals surface area contributed by atoms with Gasteiger partial charge >= 0.3 is 0 Å². The van der Waals surface area contributed by atoms with E-state index in [2.05, 4.69) is 17.4 Å². The molecule has 4 nitrogen and oxygen atoms in total. The third-order valence-corrected chi connectivity index (χ3v) is 4.68. The fraction of sp³-hybridized carbons (Fsp3) is 0.562. The Bertz CT molecular complexity index is 427. The zero-order chi connectivity index (χ0) is 15.7. The van der Waals surface area contributed by atoms with Crippen molar-refractivity contribution in [2.75, 3.05) is 12.8 Å². The monoisotopic (exact) mass is 309 g/mol. The Hall–Kier alpha value is -1.04. The zero-order valence-corrected chi connectivity index (χ0v) is 13.8. The predicted molar refractivity (Wildman–Crippen MR) is 91.1 cm³/mol. The SMILES string of the molecule is CSC(C)(Cc1ccccc1)NC(=O)[C@@H](N)CCCCN. The van der Waals surface area contributed by atoms with Crippen molar-refractivity contribution in [1.82, 2.24) is 5.32 Å². The third kappa shape index (κ3) is 6.50. The second kappa shape index (κ2) is 9.07. The lowest BCUT2D eigenvalue weighted by molar-refractivity contribution is -0.123. The smallest absolute Gasteiger partial charge is 0.237 e. The number of hydrogen-bond donors (Lipinski definition) is 3. The van der Waals surface area contributed by atoms with Gasteiger partial charge in [-0.05, 0) is 38.1 Å². The minimum absolute atomic E-state index is 0.0835. The minimum atomic E-state index is -0.459. The van der Waals surface area contributed by atoms with Crippen molar-refractivity contribution >= 4 is 17.7 Å². The van der Waals surface area contributed by atoms with Crippen LogP contribution < -0.4 is 16.8 Å². The number of unbranched alkanes of at least 4 members (excludes halogenated alkanes) is 1. The van der Waals surface area contributed by atoms with E-state index in [-0.39, 0.29) is 10.8 Å². The zero-order valence-electron chi connectivity index (χ0n) is 13.0. The fourth-order valence-corrected chi connectivity index (χ4v) is 2.66. The number of carbonyl (C=O) groups excluding carboxylic acids is 1. The molecular weight excluding hydrogens is 282 g/mol. The highest BCUT2D eigenvalue weighted by atomic mass is 32.2. The second-order valence-electron chi connectivity index (χ2n) is 5.48. The molecule has 1 rings (SSSR count). The summed E-state index contributed by atoms with van der Waals surface area (Å²) in [5.41, 5.74) is 12.6. The Morgan fingerprint density at radius 1 is 1.33 bits per heavy atom. The van der Waals surface area contributed by atoms with Gasteiger partial charge in [-0.25, -0.2) is 0 Å². The van der Waals surface area contributed by atoms with Gasteiger partial charge in [0.25, 0.3) is 0 Å². The van der Waals surface area contributed by atoms with Crippen LogP contribution in [-0.4, -0.2) is 29.6 Å². The average Bonchev–Trinajstić information content (AvgIpc) is 2.48. The first-order chi connectivity index (χ1) is 10.0. The van der Waals surface area contributed by atoms with Crippen molar-refractivity contribution in [2.24, 2.45) is 11.5 Å². The van der Waals surface area contributed by atoms with Crippen molar-refractivity contribution < 1.29 is 4.79 Å². The highest BCUT2D eigenvalue weighted by Gasteiger charge is 2.27. The van der Waals surface area contributed by atoms with E-state index in [1.807, 2.05) is 31.4 Å². The molecule has 0 aliphatic heterocycles. The molecule has 0 radical (unpaired) electrons. The van der Waals surface area contributed by atoms with Gasteiger partial charge in [0.1, 0.15) is 0 Å². The van der Waals surface area contributed by atoms with Gasteiger partial charge < -0.3 is 16.8 Å². The molecular formula is C16H27N3OS. The molecule has 0 fully saturated rings. The molecule has 5 heteroatoms. The summed E-state index contributed by atoms with van der Waals surface area (Å²) < 4.78 is 0.